The van der Waals surface area contributed by atoms with Gasteiger partial charge in [-0.3, -0.25) is 9.59 Å². The van der Waals surface area contributed by atoms with Crippen LogP contribution in [0.3, 0.4) is 0 Å². The molecule has 1 saturated heterocycles. The zero-order chi connectivity index (χ0) is 15.6. The van der Waals surface area contributed by atoms with Gasteiger partial charge in [0, 0.05) is 55.6 Å². The summed E-state index contributed by atoms with van der Waals surface area (Å²) in [6.07, 6.45) is 2.41. The number of aromatic amines is 1. The van der Waals surface area contributed by atoms with Crippen LogP contribution < -0.4 is 5.43 Å². The number of carbonyl (C=O) groups excluding carboxylic acids is 1. The van der Waals surface area contributed by atoms with Crippen molar-refractivity contribution in [2.75, 3.05) is 26.7 Å². The van der Waals surface area contributed by atoms with E-state index in [0.29, 0.717) is 18.9 Å². The van der Waals surface area contributed by atoms with Crippen LogP contribution in [0.4, 0.5) is 0 Å². The standard InChI is InChI=1S/C16H25N3O2/c1-5-19-9-13(6-15(19)20)8-18(4)10-14-12(3)16(21)11(2)7-17-14/h7,13H,5-6,8-10H2,1-4H3,(H,17,21)/t13-/m1/s1. The molecule has 1 aromatic heterocycles. The first-order chi connectivity index (χ1) is 9.92. The van der Waals surface area contributed by atoms with Gasteiger partial charge in [0.2, 0.25) is 5.91 Å². The molecule has 1 N–H and O–H groups in total. The normalized spacial score (nSPS) is 18.8. The summed E-state index contributed by atoms with van der Waals surface area (Å²) >= 11 is 0. The summed E-state index contributed by atoms with van der Waals surface area (Å²) in [7, 11) is 2.04. The van der Waals surface area contributed by atoms with Gasteiger partial charge in [0.15, 0.2) is 5.43 Å². The molecule has 0 bridgehead atoms. The van der Waals surface area contributed by atoms with E-state index in [1.807, 2.05) is 32.7 Å². The monoisotopic (exact) mass is 291 g/mol. The van der Waals surface area contributed by atoms with Gasteiger partial charge in [0.1, 0.15) is 0 Å². The van der Waals surface area contributed by atoms with Crippen molar-refractivity contribution in [1.82, 2.24) is 14.8 Å². The number of nitrogens with zero attached hydrogens (tertiary/aromatic N) is 2. The summed E-state index contributed by atoms with van der Waals surface area (Å²) in [5.41, 5.74) is 2.62. The minimum absolute atomic E-state index is 0.116. The highest BCUT2D eigenvalue weighted by Gasteiger charge is 2.29. The quantitative estimate of drug-likeness (QED) is 0.889. The van der Waals surface area contributed by atoms with Crippen LogP contribution >= 0.6 is 0 Å². The van der Waals surface area contributed by atoms with E-state index in [9.17, 15) is 9.59 Å². The Labute approximate surface area is 126 Å². The highest BCUT2D eigenvalue weighted by molar-refractivity contribution is 5.78. The van der Waals surface area contributed by atoms with E-state index in [2.05, 4.69) is 9.88 Å². The van der Waals surface area contributed by atoms with Crippen molar-refractivity contribution in [2.24, 2.45) is 5.92 Å². The molecule has 2 rings (SSSR count). The molecule has 1 aliphatic rings. The number of carbonyl (C=O) groups is 1. The lowest BCUT2D eigenvalue weighted by molar-refractivity contribution is -0.127. The molecule has 5 nitrogen and oxygen atoms in total. The molecular weight excluding hydrogens is 266 g/mol. The van der Waals surface area contributed by atoms with Crippen molar-refractivity contribution >= 4 is 5.91 Å². The van der Waals surface area contributed by atoms with Gasteiger partial charge in [-0.25, -0.2) is 0 Å². The molecular formula is C16H25N3O2. The smallest absolute Gasteiger partial charge is 0.222 e. The van der Waals surface area contributed by atoms with E-state index in [1.54, 1.807) is 6.20 Å². The second-order valence-corrected chi connectivity index (χ2v) is 6.10. The van der Waals surface area contributed by atoms with Gasteiger partial charge < -0.3 is 14.8 Å². The van der Waals surface area contributed by atoms with E-state index in [4.69, 9.17) is 0 Å². The first kappa shape index (κ1) is 15.8. The number of amides is 1. The molecule has 1 aromatic rings. The number of nitrogens with one attached hydrogen (secondary N) is 1. The summed E-state index contributed by atoms with van der Waals surface area (Å²) in [6.45, 7) is 8.93. The fourth-order valence-electron chi connectivity index (χ4n) is 3.02. The number of pyridine rings is 1. The molecule has 0 radical (unpaired) electrons. The van der Waals surface area contributed by atoms with Crippen LogP contribution in [-0.4, -0.2) is 47.4 Å². The molecule has 2 heterocycles. The third kappa shape index (κ3) is 3.53. The third-order valence-corrected chi connectivity index (χ3v) is 4.29. The Balaban J connectivity index is 1.97. The van der Waals surface area contributed by atoms with Crippen LogP contribution in [0, 0.1) is 19.8 Å². The summed E-state index contributed by atoms with van der Waals surface area (Å²) in [6, 6.07) is 0. The number of aromatic nitrogens is 1. The van der Waals surface area contributed by atoms with Crippen molar-refractivity contribution in [3.8, 4) is 0 Å². The molecule has 0 saturated carbocycles. The number of likely N-dealkylation sites (tertiary alicyclic amines) is 1. The van der Waals surface area contributed by atoms with Gasteiger partial charge in [0.05, 0.1) is 0 Å². The predicted octanol–water partition coefficient (Wildman–Crippen LogP) is 1.29. The Morgan fingerprint density at radius 1 is 1.38 bits per heavy atom. The average molecular weight is 291 g/mol. The van der Waals surface area contributed by atoms with Crippen LogP contribution in [0.5, 0.6) is 0 Å². The van der Waals surface area contributed by atoms with Crippen LogP contribution in [-0.2, 0) is 11.3 Å². The van der Waals surface area contributed by atoms with Gasteiger partial charge in [0.25, 0.3) is 0 Å². The molecule has 0 spiro atoms. The molecule has 1 atom stereocenters. The Kier molecular flexibility index (Phi) is 4.83. The first-order valence-corrected chi connectivity index (χ1v) is 7.56. The molecule has 21 heavy (non-hydrogen) atoms. The van der Waals surface area contributed by atoms with Crippen LogP contribution in [0.15, 0.2) is 11.0 Å². The van der Waals surface area contributed by atoms with Crippen LogP contribution in [0.25, 0.3) is 0 Å². The average Bonchev–Trinajstić information content (AvgIpc) is 2.79. The maximum absolute atomic E-state index is 12.0. The van der Waals surface area contributed by atoms with E-state index >= 15 is 0 Å². The Hall–Kier alpha value is -1.62. The van der Waals surface area contributed by atoms with Crippen molar-refractivity contribution in [3.05, 3.63) is 33.2 Å². The zero-order valence-electron chi connectivity index (χ0n) is 13.4. The van der Waals surface area contributed by atoms with Gasteiger partial charge in [-0.2, -0.15) is 0 Å². The van der Waals surface area contributed by atoms with Gasteiger partial charge in [-0.1, -0.05) is 0 Å². The number of rotatable bonds is 5. The Morgan fingerprint density at radius 2 is 2.10 bits per heavy atom. The zero-order valence-corrected chi connectivity index (χ0v) is 13.4. The minimum atomic E-state index is 0.116. The van der Waals surface area contributed by atoms with Crippen molar-refractivity contribution in [1.29, 1.82) is 0 Å². The Bertz CT molecular complexity index is 579. The maximum atomic E-state index is 12.0. The molecule has 0 unspecified atom stereocenters. The fourth-order valence-corrected chi connectivity index (χ4v) is 3.02. The second-order valence-electron chi connectivity index (χ2n) is 6.10. The van der Waals surface area contributed by atoms with Crippen molar-refractivity contribution in [2.45, 2.75) is 33.7 Å². The van der Waals surface area contributed by atoms with Gasteiger partial charge >= 0.3 is 0 Å². The van der Waals surface area contributed by atoms with E-state index < -0.39 is 0 Å². The lowest BCUT2D eigenvalue weighted by Gasteiger charge is -2.21. The predicted molar refractivity (Wildman–Crippen MR) is 83.2 cm³/mol. The molecule has 0 aromatic carbocycles. The first-order valence-electron chi connectivity index (χ1n) is 7.56. The summed E-state index contributed by atoms with van der Waals surface area (Å²) in [4.78, 5) is 31.0. The number of H-pyrrole nitrogens is 1. The molecule has 1 fully saturated rings. The van der Waals surface area contributed by atoms with Crippen molar-refractivity contribution in [3.63, 3.8) is 0 Å². The highest BCUT2D eigenvalue weighted by atomic mass is 16.2. The summed E-state index contributed by atoms with van der Waals surface area (Å²) in [5, 5.41) is 0. The van der Waals surface area contributed by atoms with Crippen LogP contribution in [0.1, 0.15) is 30.2 Å². The lowest BCUT2D eigenvalue weighted by atomic mass is 10.1. The number of aryl methyl sites for hydroxylation is 1. The second kappa shape index (κ2) is 6.43. The number of hydrogen-bond donors (Lipinski definition) is 1. The molecule has 116 valence electrons. The summed E-state index contributed by atoms with van der Waals surface area (Å²) < 4.78 is 0. The molecule has 0 aliphatic carbocycles. The lowest BCUT2D eigenvalue weighted by Crippen LogP contribution is -2.29. The van der Waals surface area contributed by atoms with Crippen molar-refractivity contribution < 1.29 is 4.79 Å². The Morgan fingerprint density at radius 3 is 2.71 bits per heavy atom. The third-order valence-electron chi connectivity index (χ3n) is 4.29. The maximum Gasteiger partial charge on any atom is 0.222 e. The van der Waals surface area contributed by atoms with Crippen LogP contribution in [0.2, 0.25) is 0 Å². The summed E-state index contributed by atoms with van der Waals surface area (Å²) in [5.74, 6) is 0.649. The van der Waals surface area contributed by atoms with E-state index in [-0.39, 0.29) is 11.3 Å². The van der Waals surface area contributed by atoms with Gasteiger partial charge in [-0.05, 0) is 33.7 Å². The number of hydrogen-bond acceptors (Lipinski definition) is 3. The fraction of sp³-hybridized carbons (Fsp3) is 0.625. The van der Waals surface area contributed by atoms with E-state index in [1.165, 1.54) is 0 Å². The molecule has 1 amide bonds. The van der Waals surface area contributed by atoms with Gasteiger partial charge in [-0.15, -0.1) is 0 Å². The molecule has 5 heteroatoms. The molecule has 1 aliphatic heterocycles. The minimum Gasteiger partial charge on any atom is -0.363 e. The topological polar surface area (TPSA) is 56.4 Å². The SMILES string of the molecule is CCN1C[C@@H](CN(C)Cc2[nH]cc(C)c(=O)c2C)CC1=O. The highest BCUT2D eigenvalue weighted by Crippen LogP contribution is 2.18. The van der Waals surface area contributed by atoms with E-state index in [0.717, 1.165) is 36.5 Å². The largest absolute Gasteiger partial charge is 0.363 e.